The number of halogens is 1. The van der Waals surface area contributed by atoms with Gasteiger partial charge in [0.15, 0.2) is 0 Å². The van der Waals surface area contributed by atoms with Gasteiger partial charge in [0.1, 0.15) is 5.75 Å². The fourth-order valence-electron chi connectivity index (χ4n) is 1.82. The van der Waals surface area contributed by atoms with Crippen molar-refractivity contribution in [3.8, 4) is 5.75 Å². The molecule has 70 valence electrons. The molecule has 1 unspecified atom stereocenters. The van der Waals surface area contributed by atoms with Crippen LogP contribution in [0.2, 0.25) is 0 Å². The highest BCUT2D eigenvalue weighted by molar-refractivity contribution is 9.10. The summed E-state index contributed by atoms with van der Waals surface area (Å²) in [6, 6.07) is 3.97. The molecule has 0 bridgehead atoms. The molecule has 1 aliphatic rings. The van der Waals surface area contributed by atoms with Gasteiger partial charge >= 0.3 is 0 Å². The molecule has 0 saturated carbocycles. The summed E-state index contributed by atoms with van der Waals surface area (Å²) in [6.45, 7) is 0. The highest BCUT2D eigenvalue weighted by Crippen LogP contribution is 2.34. The van der Waals surface area contributed by atoms with Crippen molar-refractivity contribution in [3.63, 3.8) is 0 Å². The molecule has 0 aliphatic heterocycles. The Morgan fingerprint density at radius 2 is 2.23 bits per heavy atom. The number of phenols is 1. The zero-order chi connectivity index (χ0) is 9.42. The van der Waals surface area contributed by atoms with E-state index in [9.17, 15) is 5.11 Å². The molecule has 0 radical (unpaired) electrons. The first-order chi connectivity index (χ1) is 6.18. The summed E-state index contributed by atoms with van der Waals surface area (Å²) in [5.41, 5.74) is 8.35. The van der Waals surface area contributed by atoms with Crippen LogP contribution >= 0.6 is 15.9 Å². The van der Waals surface area contributed by atoms with Gasteiger partial charge in [-0.05, 0) is 52.4 Å². The van der Waals surface area contributed by atoms with Crippen LogP contribution in [0.4, 0.5) is 0 Å². The van der Waals surface area contributed by atoms with E-state index in [1.165, 1.54) is 11.1 Å². The maximum atomic E-state index is 9.46. The van der Waals surface area contributed by atoms with Gasteiger partial charge in [-0.3, -0.25) is 0 Å². The van der Waals surface area contributed by atoms with Crippen LogP contribution in [0, 0.1) is 0 Å². The Hall–Kier alpha value is -0.540. The lowest BCUT2D eigenvalue weighted by atomic mass is 9.89. The predicted molar refractivity (Wildman–Crippen MR) is 55.8 cm³/mol. The molecule has 1 aliphatic carbocycles. The second kappa shape index (κ2) is 3.31. The fourth-order valence-corrected chi connectivity index (χ4v) is 2.41. The van der Waals surface area contributed by atoms with Gasteiger partial charge in [-0.1, -0.05) is 6.07 Å². The second-order valence-corrected chi connectivity index (χ2v) is 4.33. The first-order valence-corrected chi connectivity index (χ1v) is 5.22. The molecule has 0 spiro atoms. The van der Waals surface area contributed by atoms with Gasteiger partial charge in [-0.25, -0.2) is 0 Å². The maximum absolute atomic E-state index is 9.46. The number of aromatic hydroxyl groups is 1. The van der Waals surface area contributed by atoms with Crippen LogP contribution in [0.1, 0.15) is 17.5 Å². The van der Waals surface area contributed by atoms with E-state index >= 15 is 0 Å². The van der Waals surface area contributed by atoms with Crippen LogP contribution in [-0.4, -0.2) is 11.1 Å². The zero-order valence-electron chi connectivity index (χ0n) is 7.26. The molecule has 0 fully saturated rings. The molecule has 2 nitrogen and oxygen atoms in total. The lowest BCUT2D eigenvalue weighted by molar-refractivity contribution is 0.468. The van der Waals surface area contributed by atoms with Crippen molar-refractivity contribution in [1.82, 2.24) is 0 Å². The fraction of sp³-hybridized carbons (Fsp3) is 0.400. The van der Waals surface area contributed by atoms with Crippen molar-refractivity contribution in [3.05, 3.63) is 27.7 Å². The van der Waals surface area contributed by atoms with Crippen LogP contribution in [0.25, 0.3) is 0 Å². The molecule has 0 saturated heterocycles. The quantitative estimate of drug-likeness (QED) is 0.730. The number of benzene rings is 1. The van der Waals surface area contributed by atoms with E-state index in [1.807, 2.05) is 6.07 Å². The van der Waals surface area contributed by atoms with Gasteiger partial charge in [-0.2, -0.15) is 0 Å². The van der Waals surface area contributed by atoms with Crippen molar-refractivity contribution in [2.45, 2.75) is 25.3 Å². The van der Waals surface area contributed by atoms with Crippen LogP contribution in [-0.2, 0) is 12.8 Å². The molecule has 0 aromatic heterocycles. The zero-order valence-corrected chi connectivity index (χ0v) is 8.84. The second-order valence-electron chi connectivity index (χ2n) is 3.54. The Labute approximate surface area is 85.9 Å². The Morgan fingerprint density at radius 3 is 3.00 bits per heavy atom. The van der Waals surface area contributed by atoms with Crippen molar-refractivity contribution in [1.29, 1.82) is 0 Å². The smallest absolute Gasteiger partial charge is 0.130 e. The monoisotopic (exact) mass is 241 g/mol. The Kier molecular flexibility index (Phi) is 2.30. The van der Waals surface area contributed by atoms with Gasteiger partial charge in [-0.15, -0.1) is 0 Å². The molecule has 2 rings (SSSR count). The summed E-state index contributed by atoms with van der Waals surface area (Å²) in [5.74, 6) is 0.328. The summed E-state index contributed by atoms with van der Waals surface area (Å²) in [5, 5.41) is 9.46. The van der Waals surface area contributed by atoms with E-state index in [-0.39, 0.29) is 6.04 Å². The molecule has 0 heterocycles. The van der Waals surface area contributed by atoms with Crippen molar-refractivity contribution < 1.29 is 5.11 Å². The minimum Gasteiger partial charge on any atom is -0.507 e. The summed E-state index contributed by atoms with van der Waals surface area (Å²) in [7, 11) is 0. The van der Waals surface area contributed by atoms with E-state index in [4.69, 9.17) is 5.73 Å². The third-order valence-electron chi connectivity index (χ3n) is 2.57. The Balaban J connectivity index is 2.47. The summed E-state index contributed by atoms with van der Waals surface area (Å²) in [6.07, 6.45) is 2.90. The van der Waals surface area contributed by atoms with Crippen molar-refractivity contribution in [2.24, 2.45) is 5.73 Å². The number of hydrogen-bond acceptors (Lipinski definition) is 2. The first-order valence-electron chi connectivity index (χ1n) is 4.43. The lowest BCUT2D eigenvalue weighted by Crippen LogP contribution is -2.27. The van der Waals surface area contributed by atoms with Crippen molar-refractivity contribution >= 4 is 15.9 Å². The van der Waals surface area contributed by atoms with Gasteiger partial charge in [0.05, 0.1) is 4.47 Å². The number of hydrogen-bond donors (Lipinski definition) is 2. The minimum absolute atomic E-state index is 0.281. The average Bonchev–Trinajstić information content (AvgIpc) is 2.12. The number of fused-ring (bicyclic) bond motifs is 1. The predicted octanol–water partition coefficient (Wildman–Crippen LogP) is 1.97. The molecule has 1 aromatic rings. The summed E-state index contributed by atoms with van der Waals surface area (Å²) >= 11 is 3.39. The molecule has 1 aromatic carbocycles. The van der Waals surface area contributed by atoms with Crippen molar-refractivity contribution in [2.75, 3.05) is 0 Å². The lowest BCUT2D eigenvalue weighted by Gasteiger charge is -2.22. The van der Waals surface area contributed by atoms with E-state index < -0.39 is 0 Å². The number of phenolic OH excluding ortho intramolecular Hbond substituents is 1. The largest absolute Gasteiger partial charge is 0.507 e. The van der Waals surface area contributed by atoms with Gasteiger partial charge in [0.25, 0.3) is 0 Å². The molecular weight excluding hydrogens is 230 g/mol. The highest BCUT2D eigenvalue weighted by atomic mass is 79.9. The summed E-state index contributed by atoms with van der Waals surface area (Å²) < 4.78 is 0.844. The molecule has 0 amide bonds. The topological polar surface area (TPSA) is 46.2 Å². The van der Waals surface area contributed by atoms with E-state index in [0.717, 1.165) is 23.7 Å². The van der Waals surface area contributed by atoms with Crippen LogP contribution in [0.5, 0.6) is 5.75 Å². The Morgan fingerprint density at radius 1 is 1.46 bits per heavy atom. The standard InChI is InChI=1S/C10H12BrNO/c11-10-8-3-2-7(12)5-6(8)1-4-9(10)13/h1,4,7,13H,2-3,5,12H2. The number of nitrogens with two attached hydrogens (primary N) is 1. The van der Waals surface area contributed by atoms with E-state index in [2.05, 4.69) is 15.9 Å². The van der Waals surface area contributed by atoms with Gasteiger partial charge in [0.2, 0.25) is 0 Å². The van der Waals surface area contributed by atoms with Gasteiger partial charge < -0.3 is 10.8 Å². The van der Waals surface area contributed by atoms with Crippen LogP contribution in [0.3, 0.4) is 0 Å². The van der Waals surface area contributed by atoms with Crippen LogP contribution in [0.15, 0.2) is 16.6 Å². The normalized spacial score (nSPS) is 21.2. The number of rotatable bonds is 0. The average molecular weight is 242 g/mol. The van der Waals surface area contributed by atoms with Crippen LogP contribution < -0.4 is 5.73 Å². The first kappa shape index (κ1) is 9.03. The molecular formula is C10H12BrNO. The summed E-state index contributed by atoms with van der Waals surface area (Å²) in [4.78, 5) is 0. The molecule has 13 heavy (non-hydrogen) atoms. The van der Waals surface area contributed by atoms with Gasteiger partial charge in [0, 0.05) is 6.04 Å². The molecule has 1 atom stereocenters. The molecule has 3 N–H and O–H groups in total. The molecule has 3 heteroatoms. The third kappa shape index (κ3) is 1.58. The third-order valence-corrected chi connectivity index (χ3v) is 3.45. The highest BCUT2D eigenvalue weighted by Gasteiger charge is 2.18. The SMILES string of the molecule is NC1CCc2c(ccc(O)c2Br)C1. The Bertz CT molecular complexity index is 338. The maximum Gasteiger partial charge on any atom is 0.130 e. The minimum atomic E-state index is 0.281. The van der Waals surface area contributed by atoms with E-state index in [1.54, 1.807) is 6.07 Å². The van der Waals surface area contributed by atoms with E-state index in [0.29, 0.717) is 5.75 Å².